The van der Waals surface area contributed by atoms with Gasteiger partial charge in [-0.3, -0.25) is 9.48 Å². The van der Waals surface area contributed by atoms with Gasteiger partial charge in [-0.25, -0.2) is 0 Å². The van der Waals surface area contributed by atoms with Gasteiger partial charge in [0.1, 0.15) is 0 Å². The minimum Gasteiger partial charge on any atom is -0.338 e. The molecule has 2 rings (SSSR count). The van der Waals surface area contributed by atoms with Crippen LogP contribution < -0.4 is 5.32 Å². The Labute approximate surface area is 127 Å². The van der Waals surface area contributed by atoms with Crippen molar-refractivity contribution in [2.45, 2.75) is 46.6 Å². The minimum absolute atomic E-state index is 0.160. The summed E-state index contributed by atoms with van der Waals surface area (Å²) in [6, 6.07) is 0. The highest BCUT2D eigenvalue weighted by Crippen LogP contribution is 2.21. The summed E-state index contributed by atoms with van der Waals surface area (Å²) in [7, 11) is 1.98. The molecule has 1 atom stereocenters. The van der Waals surface area contributed by atoms with Crippen LogP contribution in [-0.4, -0.2) is 47.3 Å². The lowest BCUT2D eigenvalue weighted by Gasteiger charge is -2.32. The second-order valence-corrected chi connectivity index (χ2v) is 6.09. The fourth-order valence-corrected chi connectivity index (χ4v) is 3.30. The zero-order valence-corrected chi connectivity index (χ0v) is 13.8. The number of likely N-dealkylation sites (tertiary alicyclic amines) is 1. The quantitative estimate of drug-likeness (QED) is 0.903. The van der Waals surface area contributed by atoms with E-state index in [0.717, 1.165) is 56.0 Å². The van der Waals surface area contributed by atoms with Gasteiger partial charge < -0.3 is 10.2 Å². The Morgan fingerprint density at radius 1 is 1.43 bits per heavy atom. The lowest BCUT2D eigenvalue weighted by atomic mass is 9.97. The Morgan fingerprint density at radius 3 is 2.86 bits per heavy atom. The van der Waals surface area contributed by atoms with E-state index in [1.807, 2.05) is 30.5 Å². The first-order valence-corrected chi connectivity index (χ1v) is 8.06. The smallest absolute Gasteiger partial charge is 0.257 e. The highest BCUT2D eigenvalue weighted by atomic mass is 16.2. The fourth-order valence-electron chi connectivity index (χ4n) is 3.30. The average Bonchev–Trinajstić information content (AvgIpc) is 2.74. The Balaban J connectivity index is 2.16. The van der Waals surface area contributed by atoms with E-state index in [0.29, 0.717) is 5.92 Å². The zero-order chi connectivity index (χ0) is 15.4. The third-order valence-corrected chi connectivity index (χ3v) is 4.33. The summed E-state index contributed by atoms with van der Waals surface area (Å²) in [6.45, 7) is 9.68. The van der Waals surface area contributed by atoms with E-state index in [4.69, 9.17) is 0 Å². The van der Waals surface area contributed by atoms with Crippen LogP contribution in [0.4, 0.5) is 0 Å². The number of piperidine rings is 1. The molecule has 21 heavy (non-hydrogen) atoms. The van der Waals surface area contributed by atoms with Crippen molar-refractivity contribution in [3.63, 3.8) is 0 Å². The summed E-state index contributed by atoms with van der Waals surface area (Å²) < 4.78 is 1.97. The molecule has 1 saturated heterocycles. The van der Waals surface area contributed by atoms with Crippen molar-refractivity contribution >= 4 is 5.91 Å². The van der Waals surface area contributed by atoms with Crippen LogP contribution in [0.5, 0.6) is 0 Å². The van der Waals surface area contributed by atoms with Crippen LogP contribution in [-0.2, 0) is 6.54 Å². The van der Waals surface area contributed by atoms with Gasteiger partial charge in [-0.15, -0.1) is 0 Å². The Hall–Kier alpha value is -1.36. The molecule has 1 N–H and O–H groups in total. The molecule has 0 spiro atoms. The number of carbonyl (C=O) groups is 1. The van der Waals surface area contributed by atoms with Gasteiger partial charge in [0.25, 0.3) is 5.91 Å². The third kappa shape index (κ3) is 3.46. The fraction of sp³-hybridized carbons (Fsp3) is 0.750. The summed E-state index contributed by atoms with van der Waals surface area (Å²) in [5.41, 5.74) is 2.69. The number of hydrogen-bond donors (Lipinski definition) is 1. The standard InChI is InChI=1S/C16H28N4O/c1-5-8-20-13(3)15(12(2)18-20)16(21)19-9-6-7-14(11-19)10-17-4/h14,17H,5-11H2,1-4H3. The summed E-state index contributed by atoms with van der Waals surface area (Å²) in [4.78, 5) is 14.9. The van der Waals surface area contributed by atoms with E-state index in [1.54, 1.807) is 0 Å². The number of nitrogens with zero attached hydrogens (tertiary/aromatic N) is 3. The number of rotatable bonds is 5. The van der Waals surface area contributed by atoms with Crippen LogP contribution in [0.3, 0.4) is 0 Å². The molecule has 0 aliphatic carbocycles. The molecule has 1 aromatic heterocycles. The largest absolute Gasteiger partial charge is 0.338 e. The van der Waals surface area contributed by atoms with E-state index in [-0.39, 0.29) is 5.91 Å². The number of amides is 1. The highest BCUT2D eigenvalue weighted by Gasteiger charge is 2.27. The predicted molar refractivity (Wildman–Crippen MR) is 84.5 cm³/mol. The molecule has 1 aliphatic rings. The van der Waals surface area contributed by atoms with E-state index in [2.05, 4.69) is 17.3 Å². The van der Waals surface area contributed by atoms with Gasteiger partial charge in [0.2, 0.25) is 0 Å². The van der Waals surface area contributed by atoms with Gasteiger partial charge in [-0.05, 0) is 52.6 Å². The molecule has 5 heteroatoms. The predicted octanol–water partition coefficient (Wildman–Crippen LogP) is 1.98. The van der Waals surface area contributed by atoms with Gasteiger partial charge in [0.15, 0.2) is 0 Å². The van der Waals surface area contributed by atoms with Crippen molar-refractivity contribution in [3.8, 4) is 0 Å². The second kappa shape index (κ2) is 7.07. The Morgan fingerprint density at radius 2 is 2.19 bits per heavy atom. The maximum Gasteiger partial charge on any atom is 0.257 e. The second-order valence-electron chi connectivity index (χ2n) is 6.09. The minimum atomic E-state index is 0.160. The number of aromatic nitrogens is 2. The van der Waals surface area contributed by atoms with Gasteiger partial charge in [-0.2, -0.15) is 5.10 Å². The molecule has 0 saturated carbocycles. The molecule has 1 amide bonds. The summed E-state index contributed by atoms with van der Waals surface area (Å²) in [5.74, 6) is 0.729. The normalized spacial score (nSPS) is 19.0. The molecule has 1 aliphatic heterocycles. The molecule has 118 valence electrons. The number of carbonyl (C=O) groups excluding carboxylic acids is 1. The molecular formula is C16H28N4O. The monoisotopic (exact) mass is 292 g/mol. The van der Waals surface area contributed by atoms with Crippen molar-refractivity contribution in [2.75, 3.05) is 26.7 Å². The molecule has 1 aromatic rings. The lowest BCUT2D eigenvalue weighted by molar-refractivity contribution is 0.0672. The lowest BCUT2D eigenvalue weighted by Crippen LogP contribution is -2.42. The molecule has 1 unspecified atom stereocenters. The Bertz CT molecular complexity index is 493. The van der Waals surface area contributed by atoms with Crippen LogP contribution in [0.15, 0.2) is 0 Å². The molecule has 0 radical (unpaired) electrons. The zero-order valence-electron chi connectivity index (χ0n) is 13.8. The molecular weight excluding hydrogens is 264 g/mol. The topological polar surface area (TPSA) is 50.2 Å². The van der Waals surface area contributed by atoms with E-state index in [9.17, 15) is 4.79 Å². The van der Waals surface area contributed by atoms with Crippen molar-refractivity contribution in [1.29, 1.82) is 0 Å². The first kappa shape index (κ1) is 16.0. The van der Waals surface area contributed by atoms with Crippen LogP contribution in [0.2, 0.25) is 0 Å². The van der Waals surface area contributed by atoms with Crippen molar-refractivity contribution in [1.82, 2.24) is 20.0 Å². The average molecular weight is 292 g/mol. The van der Waals surface area contributed by atoms with Gasteiger partial charge >= 0.3 is 0 Å². The van der Waals surface area contributed by atoms with Crippen LogP contribution in [0.25, 0.3) is 0 Å². The molecule has 2 heterocycles. The first-order valence-electron chi connectivity index (χ1n) is 8.06. The van der Waals surface area contributed by atoms with Gasteiger partial charge in [-0.1, -0.05) is 6.92 Å². The molecule has 0 aromatic carbocycles. The summed E-state index contributed by atoms with van der Waals surface area (Å²) >= 11 is 0. The number of aryl methyl sites for hydroxylation is 2. The maximum atomic E-state index is 12.9. The number of nitrogens with one attached hydrogen (secondary N) is 1. The van der Waals surface area contributed by atoms with Crippen molar-refractivity contribution in [2.24, 2.45) is 5.92 Å². The SMILES string of the molecule is CCCn1nc(C)c(C(=O)N2CCCC(CNC)C2)c1C. The Kier molecular flexibility index (Phi) is 5.39. The number of hydrogen-bond acceptors (Lipinski definition) is 3. The van der Waals surface area contributed by atoms with Crippen LogP contribution in [0, 0.1) is 19.8 Å². The van der Waals surface area contributed by atoms with E-state index < -0.39 is 0 Å². The van der Waals surface area contributed by atoms with Crippen molar-refractivity contribution in [3.05, 3.63) is 17.0 Å². The van der Waals surface area contributed by atoms with Gasteiger partial charge in [0, 0.05) is 25.3 Å². The summed E-state index contributed by atoms with van der Waals surface area (Å²) in [5, 5.41) is 7.75. The van der Waals surface area contributed by atoms with Crippen molar-refractivity contribution < 1.29 is 4.79 Å². The maximum absolute atomic E-state index is 12.9. The molecule has 1 fully saturated rings. The molecule has 0 bridgehead atoms. The highest BCUT2D eigenvalue weighted by molar-refractivity contribution is 5.96. The third-order valence-electron chi connectivity index (χ3n) is 4.33. The van der Waals surface area contributed by atoms with Gasteiger partial charge in [0.05, 0.1) is 11.3 Å². The van der Waals surface area contributed by atoms with E-state index >= 15 is 0 Å². The summed E-state index contributed by atoms with van der Waals surface area (Å²) in [6.07, 6.45) is 3.33. The van der Waals surface area contributed by atoms with Crippen LogP contribution in [0.1, 0.15) is 47.9 Å². The van der Waals surface area contributed by atoms with E-state index in [1.165, 1.54) is 6.42 Å². The molecule has 5 nitrogen and oxygen atoms in total. The van der Waals surface area contributed by atoms with Crippen LogP contribution >= 0.6 is 0 Å². The first-order chi connectivity index (χ1) is 10.1.